The van der Waals surface area contributed by atoms with E-state index in [2.05, 4.69) is 73.1 Å². The number of fused-ring (bicyclic) bond motifs is 2. The van der Waals surface area contributed by atoms with Gasteiger partial charge in [-0.3, -0.25) is 9.59 Å². The number of anilines is 6. The number of aromatic nitrogens is 6. The summed E-state index contributed by atoms with van der Waals surface area (Å²) in [5.41, 5.74) is 5.32. The van der Waals surface area contributed by atoms with Crippen molar-refractivity contribution >= 4 is 89.6 Å². The summed E-state index contributed by atoms with van der Waals surface area (Å²) in [6, 6.07) is 20.4. The van der Waals surface area contributed by atoms with Crippen molar-refractivity contribution in [2.45, 2.75) is 89.4 Å². The fraction of sp³-hybridized carbons (Fsp3) is 0.458. The summed E-state index contributed by atoms with van der Waals surface area (Å²) in [5.74, 6) is 3.79. The Morgan fingerprint density at radius 1 is 0.672 bits per heavy atom. The third kappa shape index (κ3) is 12.4. The molecule has 6 aromatic rings. The summed E-state index contributed by atoms with van der Waals surface area (Å²) in [4.78, 5) is 40.2. The number of nitrogens with zero attached hydrogens (tertiary/aromatic N) is 9. The molecule has 19 heteroatoms. The van der Waals surface area contributed by atoms with Crippen molar-refractivity contribution in [3.05, 3.63) is 93.1 Å². The second kappa shape index (κ2) is 22.6. The molecule has 0 spiro atoms. The van der Waals surface area contributed by atoms with Gasteiger partial charge in [0.05, 0.1) is 27.9 Å². The zero-order chi connectivity index (χ0) is 46.9. The largest absolute Gasteiger partial charge is 0.396 e. The molecule has 3 aliphatic rings. The number of carbonyl (C=O) groups is 2. The van der Waals surface area contributed by atoms with Gasteiger partial charge in [0, 0.05) is 80.9 Å². The van der Waals surface area contributed by atoms with Gasteiger partial charge in [0.2, 0.25) is 11.8 Å². The number of likely N-dealkylation sites (N-methyl/N-ethyl adjacent to an activating group) is 1. The van der Waals surface area contributed by atoms with Crippen LogP contribution in [0.1, 0.15) is 75.3 Å². The molecule has 4 aromatic heterocycles. The Hall–Kier alpha value is -5.34. The number of amides is 2. The Morgan fingerprint density at radius 3 is 1.57 bits per heavy atom. The Morgan fingerprint density at radius 2 is 1.13 bits per heavy atom. The molecule has 2 saturated heterocycles. The van der Waals surface area contributed by atoms with Crippen LogP contribution in [0.5, 0.6) is 0 Å². The third-order valence-corrected chi connectivity index (χ3v) is 13.5. The maximum Gasteiger partial charge on any atom is 0.238 e. The average Bonchev–Trinajstić information content (AvgIpc) is 4.03. The van der Waals surface area contributed by atoms with Crippen LogP contribution in [0.3, 0.4) is 0 Å². The molecule has 9 rings (SSSR count). The molecule has 1 saturated carbocycles. The Labute approximate surface area is 408 Å². The molecule has 0 radical (unpaired) electrons. The maximum absolute atomic E-state index is 12.0. The molecular formula is C48H61Br2N13O4. The van der Waals surface area contributed by atoms with Crippen LogP contribution in [0.15, 0.2) is 82.0 Å². The van der Waals surface area contributed by atoms with Crippen LogP contribution in [0.2, 0.25) is 0 Å². The number of aliphatic hydroxyl groups excluding tert-OH is 2. The highest BCUT2D eigenvalue weighted by atomic mass is 79.9. The predicted octanol–water partition coefficient (Wildman–Crippen LogP) is 7.54. The highest BCUT2D eigenvalue weighted by Gasteiger charge is 2.30. The van der Waals surface area contributed by atoms with Crippen molar-refractivity contribution in [2.75, 3.05) is 78.0 Å². The smallest absolute Gasteiger partial charge is 0.238 e. The van der Waals surface area contributed by atoms with E-state index in [9.17, 15) is 19.8 Å². The first kappa shape index (κ1) is 48.1. The lowest BCUT2D eigenvalue weighted by Gasteiger charge is -2.36. The van der Waals surface area contributed by atoms with Crippen LogP contribution in [0.25, 0.3) is 11.3 Å². The lowest BCUT2D eigenvalue weighted by molar-refractivity contribution is -0.117. The van der Waals surface area contributed by atoms with Gasteiger partial charge in [0.25, 0.3) is 0 Å². The number of aliphatic hydroxyl groups is 2. The van der Waals surface area contributed by atoms with Gasteiger partial charge in [-0.1, -0.05) is 24.3 Å². The van der Waals surface area contributed by atoms with Crippen LogP contribution in [0, 0.1) is 5.92 Å². The highest BCUT2D eigenvalue weighted by Crippen LogP contribution is 2.33. The second-order valence-corrected chi connectivity index (χ2v) is 19.5. The zero-order valence-corrected chi connectivity index (χ0v) is 41.3. The number of nitrogens with one attached hydrogen (secondary N) is 4. The number of piperidine rings is 2. The number of hydrogen-bond acceptors (Lipinski definition) is 13. The number of carbonyl (C=O) groups excluding carboxylic acids is 2. The SMILES string of the molecule is CN(C)CC(=O)Nc1ccc(CNc2cc(N3CCCC[C@H]3CCO)nc3c(Br)cnn23)cc1.O=C(Nc1ccc(CNc2cc(N3CCCC[C@H]3CCO)nc3c(Br)cnn23)cc1)C1CC1. The van der Waals surface area contributed by atoms with E-state index in [1.807, 2.05) is 84.2 Å². The van der Waals surface area contributed by atoms with Crippen LogP contribution < -0.4 is 31.1 Å². The molecule has 2 amide bonds. The van der Waals surface area contributed by atoms with E-state index in [0.29, 0.717) is 31.7 Å². The molecule has 2 aromatic carbocycles. The Kier molecular flexibility index (Phi) is 16.3. The van der Waals surface area contributed by atoms with E-state index >= 15 is 0 Å². The quantitative estimate of drug-likeness (QED) is 0.0526. The zero-order valence-electron chi connectivity index (χ0n) is 38.2. The minimum atomic E-state index is -0.0379. The molecule has 356 valence electrons. The molecule has 17 nitrogen and oxygen atoms in total. The molecule has 67 heavy (non-hydrogen) atoms. The predicted molar refractivity (Wildman–Crippen MR) is 271 cm³/mol. The van der Waals surface area contributed by atoms with E-state index in [1.54, 1.807) is 16.9 Å². The lowest BCUT2D eigenvalue weighted by Crippen LogP contribution is -2.40. The fourth-order valence-corrected chi connectivity index (χ4v) is 9.47. The van der Waals surface area contributed by atoms with Gasteiger partial charge in [0.15, 0.2) is 11.3 Å². The standard InChI is InChI=1S/C24H32BrN7O2.C24H29BrN6O2/c1-30(2)16-23(34)28-18-8-6-17(7-9-18)14-26-21-13-22(29-24-20(25)15-27-32(21)24)31-11-4-3-5-19(31)10-12-33;25-20-15-27-31-21(13-22(29-23(20)31)30-11-2-1-3-19(30)10-12-32)26-14-16-4-8-18(9-5-16)28-24(33)17-6-7-17/h6-9,13,15,19,26,33H,3-5,10-12,14,16H2,1-2H3,(H,28,34);4-5,8-9,13,15,17,19,26,32H,1-3,6-7,10-12,14H2,(H,28,33)/t2*19-/m00/s1. The minimum Gasteiger partial charge on any atom is -0.396 e. The number of hydrogen-bond donors (Lipinski definition) is 6. The van der Waals surface area contributed by atoms with Crippen LogP contribution >= 0.6 is 31.9 Å². The van der Waals surface area contributed by atoms with Crippen molar-refractivity contribution in [3.8, 4) is 0 Å². The molecular weight excluding hydrogens is 982 g/mol. The molecule has 1 aliphatic carbocycles. The van der Waals surface area contributed by atoms with Gasteiger partial charge in [0.1, 0.15) is 23.3 Å². The molecule has 3 fully saturated rings. The average molecular weight is 1040 g/mol. The van der Waals surface area contributed by atoms with Crippen molar-refractivity contribution in [1.29, 1.82) is 0 Å². The first-order chi connectivity index (χ1) is 32.6. The van der Waals surface area contributed by atoms with Gasteiger partial charge in [-0.2, -0.15) is 19.2 Å². The number of halogens is 2. The number of benzene rings is 2. The first-order valence-corrected chi connectivity index (χ1v) is 24.9. The third-order valence-electron chi connectivity index (χ3n) is 12.4. The van der Waals surface area contributed by atoms with E-state index in [1.165, 1.54) is 12.8 Å². The monoisotopic (exact) mass is 1040 g/mol. The molecule has 2 aliphatic heterocycles. The molecule has 6 heterocycles. The summed E-state index contributed by atoms with van der Waals surface area (Å²) in [6.45, 7) is 3.79. The molecule has 2 atom stereocenters. The van der Waals surface area contributed by atoms with Crippen molar-refractivity contribution in [3.63, 3.8) is 0 Å². The molecule has 0 unspecified atom stereocenters. The second-order valence-electron chi connectivity index (χ2n) is 17.8. The maximum atomic E-state index is 12.0. The van der Waals surface area contributed by atoms with Crippen molar-refractivity contribution in [2.24, 2.45) is 5.92 Å². The van der Waals surface area contributed by atoms with E-state index in [-0.39, 0.29) is 30.9 Å². The topological polar surface area (TPSA) is 193 Å². The van der Waals surface area contributed by atoms with Gasteiger partial charge in [-0.25, -0.2) is 9.97 Å². The normalized spacial score (nSPS) is 17.4. The van der Waals surface area contributed by atoms with Crippen LogP contribution in [-0.2, 0) is 22.7 Å². The summed E-state index contributed by atoms with van der Waals surface area (Å²) in [5, 5.41) is 40.9. The Balaban J connectivity index is 0.000000182. The van der Waals surface area contributed by atoms with Gasteiger partial charge in [-0.15, -0.1) is 0 Å². The highest BCUT2D eigenvalue weighted by molar-refractivity contribution is 9.11. The number of rotatable bonds is 17. The van der Waals surface area contributed by atoms with Gasteiger partial charge >= 0.3 is 0 Å². The summed E-state index contributed by atoms with van der Waals surface area (Å²) in [7, 11) is 3.73. The van der Waals surface area contributed by atoms with Crippen molar-refractivity contribution < 1.29 is 19.8 Å². The summed E-state index contributed by atoms with van der Waals surface area (Å²) >= 11 is 7.15. The molecule has 6 N–H and O–H groups in total. The van der Waals surface area contributed by atoms with E-state index < -0.39 is 0 Å². The van der Waals surface area contributed by atoms with Crippen molar-refractivity contribution in [1.82, 2.24) is 34.1 Å². The van der Waals surface area contributed by atoms with Crippen LogP contribution in [-0.4, -0.2) is 115 Å². The first-order valence-electron chi connectivity index (χ1n) is 23.3. The van der Waals surface area contributed by atoms with Gasteiger partial charge < -0.3 is 46.2 Å². The lowest BCUT2D eigenvalue weighted by atomic mass is 9.99. The summed E-state index contributed by atoms with van der Waals surface area (Å²) in [6.07, 6.45) is 13.7. The van der Waals surface area contributed by atoms with Crippen LogP contribution in [0.4, 0.5) is 34.6 Å². The van der Waals surface area contributed by atoms with E-state index in [4.69, 9.17) is 9.97 Å². The Bertz CT molecular complexity index is 2600. The molecule has 0 bridgehead atoms. The van der Waals surface area contributed by atoms with Gasteiger partial charge in [-0.05, 0) is 146 Å². The minimum absolute atomic E-state index is 0.0379. The fourth-order valence-electron chi connectivity index (χ4n) is 8.77. The summed E-state index contributed by atoms with van der Waals surface area (Å²) < 4.78 is 5.29. The van der Waals surface area contributed by atoms with E-state index in [0.717, 1.165) is 130 Å².